The van der Waals surface area contributed by atoms with Gasteiger partial charge in [-0.1, -0.05) is 0 Å². The van der Waals surface area contributed by atoms with Crippen LogP contribution in [0.4, 0.5) is 9.93 Å². The van der Waals surface area contributed by atoms with Gasteiger partial charge in [-0.15, -0.1) is 11.3 Å². The van der Waals surface area contributed by atoms with Gasteiger partial charge in [0.05, 0.1) is 11.3 Å². The van der Waals surface area contributed by atoms with Crippen LogP contribution in [0.1, 0.15) is 37.8 Å². The summed E-state index contributed by atoms with van der Waals surface area (Å²) in [6.07, 6.45) is 0.780. The number of β-amino-alcohol motifs (C(OH)–C–C–N with tert-alkyl or cyclic N) is 1. The standard InChI is InChI=1S/C14H23N3O3S/c1-9-10(7-14(19)5-6-15-8-14)21-11(16-9)17-12(18)20-13(2,3)4/h15,19H,5-8H2,1-4H3,(H,16,17,18). The summed E-state index contributed by atoms with van der Waals surface area (Å²) in [6.45, 7) is 8.75. The molecule has 21 heavy (non-hydrogen) atoms. The van der Waals surface area contributed by atoms with Crippen molar-refractivity contribution in [2.45, 2.75) is 51.7 Å². The van der Waals surface area contributed by atoms with Crippen LogP contribution in [-0.2, 0) is 11.2 Å². The first-order valence-corrected chi connectivity index (χ1v) is 7.88. The SMILES string of the molecule is Cc1nc(NC(=O)OC(C)(C)C)sc1CC1(O)CCNC1. The molecule has 1 amide bonds. The highest BCUT2D eigenvalue weighted by molar-refractivity contribution is 7.15. The quantitative estimate of drug-likeness (QED) is 0.795. The second kappa shape index (κ2) is 5.90. The summed E-state index contributed by atoms with van der Waals surface area (Å²) < 4.78 is 5.20. The number of hydrogen-bond donors (Lipinski definition) is 3. The number of thiazole rings is 1. The molecule has 7 heteroatoms. The lowest BCUT2D eigenvalue weighted by Gasteiger charge is -2.20. The largest absolute Gasteiger partial charge is 0.444 e. The number of aryl methyl sites for hydroxylation is 1. The molecular weight excluding hydrogens is 290 g/mol. The molecule has 0 radical (unpaired) electrons. The number of hydrogen-bond acceptors (Lipinski definition) is 6. The van der Waals surface area contributed by atoms with Gasteiger partial charge in [0.25, 0.3) is 0 Å². The maximum atomic E-state index is 11.7. The van der Waals surface area contributed by atoms with Crippen molar-refractivity contribution in [2.75, 3.05) is 18.4 Å². The van der Waals surface area contributed by atoms with Crippen molar-refractivity contribution in [3.05, 3.63) is 10.6 Å². The third-order valence-electron chi connectivity index (χ3n) is 3.21. The fourth-order valence-electron chi connectivity index (χ4n) is 2.22. The zero-order valence-corrected chi connectivity index (χ0v) is 13.8. The van der Waals surface area contributed by atoms with Gasteiger partial charge in [-0.2, -0.15) is 0 Å². The number of aliphatic hydroxyl groups is 1. The van der Waals surface area contributed by atoms with E-state index in [1.165, 1.54) is 11.3 Å². The first kappa shape index (κ1) is 16.2. The molecular formula is C14H23N3O3S. The Hall–Kier alpha value is -1.18. The number of nitrogens with one attached hydrogen (secondary N) is 2. The molecule has 0 bridgehead atoms. The van der Waals surface area contributed by atoms with Crippen molar-refractivity contribution in [3.63, 3.8) is 0 Å². The molecule has 0 aromatic carbocycles. The van der Waals surface area contributed by atoms with Gasteiger partial charge in [0.1, 0.15) is 5.60 Å². The molecule has 1 atom stereocenters. The Balaban J connectivity index is 2.00. The Morgan fingerprint density at radius 3 is 2.86 bits per heavy atom. The molecule has 1 aliphatic rings. The summed E-state index contributed by atoms with van der Waals surface area (Å²) in [4.78, 5) is 17.1. The molecule has 0 spiro atoms. The minimum atomic E-state index is -0.708. The van der Waals surface area contributed by atoms with Crippen LogP contribution in [0.15, 0.2) is 0 Å². The highest BCUT2D eigenvalue weighted by Crippen LogP contribution is 2.29. The van der Waals surface area contributed by atoms with E-state index in [2.05, 4.69) is 15.6 Å². The lowest BCUT2D eigenvalue weighted by atomic mass is 9.97. The van der Waals surface area contributed by atoms with Crippen molar-refractivity contribution in [1.82, 2.24) is 10.3 Å². The minimum absolute atomic E-state index is 0.506. The van der Waals surface area contributed by atoms with Gasteiger partial charge in [-0.25, -0.2) is 9.78 Å². The highest BCUT2D eigenvalue weighted by atomic mass is 32.1. The van der Waals surface area contributed by atoms with Crippen molar-refractivity contribution >= 4 is 22.6 Å². The molecule has 0 saturated carbocycles. The number of aromatic nitrogens is 1. The van der Waals surface area contributed by atoms with Crippen molar-refractivity contribution in [3.8, 4) is 0 Å². The van der Waals surface area contributed by atoms with E-state index in [4.69, 9.17) is 4.74 Å². The van der Waals surface area contributed by atoms with E-state index >= 15 is 0 Å². The second-order valence-corrected chi connectivity index (χ2v) is 7.57. The average molecular weight is 313 g/mol. The monoisotopic (exact) mass is 313 g/mol. The van der Waals surface area contributed by atoms with Gasteiger partial charge in [-0.05, 0) is 40.7 Å². The number of anilines is 1. The van der Waals surface area contributed by atoms with Gasteiger partial charge in [0, 0.05) is 17.8 Å². The van der Waals surface area contributed by atoms with E-state index in [9.17, 15) is 9.90 Å². The number of carbonyl (C=O) groups is 1. The van der Waals surface area contributed by atoms with E-state index in [1.807, 2.05) is 27.7 Å². The number of ether oxygens (including phenoxy) is 1. The smallest absolute Gasteiger partial charge is 0.413 e. The summed E-state index contributed by atoms with van der Waals surface area (Å²) in [6, 6.07) is 0. The van der Waals surface area contributed by atoms with Crippen LogP contribution in [0.25, 0.3) is 0 Å². The van der Waals surface area contributed by atoms with Crippen LogP contribution in [0.2, 0.25) is 0 Å². The average Bonchev–Trinajstić information content (AvgIpc) is 2.84. The molecule has 1 aromatic heterocycles. The van der Waals surface area contributed by atoms with Gasteiger partial charge >= 0.3 is 6.09 Å². The minimum Gasteiger partial charge on any atom is -0.444 e. The van der Waals surface area contributed by atoms with Crippen LogP contribution < -0.4 is 10.6 Å². The van der Waals surface area contributed by atoms with Crippen molar-refractivity contribution < 1.29 is 14.6 Å². The Morgan fingerprint density at radius 1 is 1.57 bits per heavy atom. The Labute approximate surface area is 128 Å². The predicted octanol–water partition coefficient (Wildman–Crippen LogP) is 2.07. The van der Waals surface area contributed by atoms with Gasteiger partial charge < -0.3 is 15.2 Å². The molecule has 1 fully saturated rings. The summed E-state index contributed by atoms with van der Waals surface area (Å²) in [5.41, 5.74) is -0.406. The van der Waals surface area contributed by atoms with Crippen molar-refractivity contribution in [1.29, 1.82) is 0 Å². The van der Waals surface area contributed by atoms with Crippen LogP contribution in [-0.4, -0.2) is 40.5 Å². The van der Waals surface area contributed by atoms with Crippen LogP contribution in [0, 0.1) is 6.92 Å². The fourth-order valence-corrected chi connectivity index (χ4v) is 3.30. The molecule has 1 aliphatic heterocycles. The van der Waals surface area contributed by atoms with E-state index in [-0.39, 0.29) is 0 Å². The number of amides is 1. The molecule has 3 N–H and O–H groups in total. The molecule has 0 aliphatic carbocycles. The highest BCUT2D eigenvalue weighted by Gasteiger charge is 2.32. The Morgan fingerprint density at radius 2 is 2.29 bits per heavy atom. The normalized spacial score (nSPS) is 22.3. The van der Waals surface area contributed by atoms with E-state index in [0.717, 1.165) is 23.5 Å². The van der Waals surface area contributed by atoms with Crippen LogP contribution in [0.5, 0.6) is 0 Å². The molecule has 6 nitrogen and oxygen atoms in total. The fraction of sp³-hybridized carbons (Fsp3) is 0.714. The lowest BCUT2D eigenvalue weighted by Crippen LogP contribution is -2.33. The van der Waals surface area contributed by atoms with Crippen molar-refractivity contribution in [2.24, 2.45) is 0 Å². The first-order valence-electron chi connectivity index (χ1n) is 7.06. The molecule has 118 valence electrons. The van der Waals surface area contributed by atoms with E-state index in [0.29, 0.717) is 18.1 Å². The summed E-state index contributed by atoms with van der Waals surface area (Å²) >= 11 is 1.39. The first-order chi connectivity index (χ1) is 9.67. The van der Waals surface area contributed by atoms with Crippen LogP contribution in [0.3, 0.4) is 0 Å². The number of nitrogens with zero attached hydrogens (tertiary/aromatic N) is 1. The van der Waals surface area contributed by atoms with Gasteiger partial charge in [0.2, 0.25) is 0 Å². The molecule has 2 rings (SSSR count). The molecule has 1 aromatic rings. The zero-order chi connectivity index (χ0) is 15.7. The maximum Gasteiger partial charge on any atom is 0.413 e. The maximum absolute atomic E-state index is 11.7. The van der Waals surface area contributed by atoms with E-state index < -0.39 is 17.3 Å². The Kier molecular flexibility index (Phi) is 4.55. The zero-order valence-electron chi connectivity index (χ0n) is 12.9. The topological polar surface area (TPSA) is 83.5 Å². The van der Waals surface area contributed by atoms with E-state index in [1.54, 1.807) is 0 Å². The number of carbonyl (C=O) groups excluding carboxylic acids is 1. The Bertz CT molecular complexity index is 516. The van der Waals surface area contributed by atoms with Gasteiger partial charge in [-0.3, -0.25) is 5.32 Å². The summed E-state index contributed by atoms with van der Waals surface area (Å²) in [7, 11) is 0. The third-order valence-corrected chi connectivity index (χ3v) is 4.28. The lowest BCUT2D eigenvalue weighted by molar-refractivity contribution is 0.0621. The molecule has 1 saturated heterocycles. The number of rotatable bonds is 3. The predicted molar refractivity (Wildman–Crippen MR) is 82.8 cm³/mol. The summed E-state index contributed by atoms with van der Waals surface area (Å²) in [5.74, 6) is 0. The van der Waals surface area contributed by atoms with Gasteiger partial charge in [0.15, 0.2) is 5.13 Å². The molecule has 2 heterocycles. The third kappa shape index (κ3) is 4.66. The molecule has 1 unspecified atom stereocenters. The van der Waals surface area contributed by atoms with Crippen LogP contribution >= 0.6 is 11.3 Å². The summed E-state index contributed by atoms with van der Waals surface area (Å²) in [5, 5.41) is 16.7. The second-order valence-electron chi connectivity index (χ2n) is 6.48.